The van der Waals surface area contributed by atoms with Crippen molar-refractivity contribution in [1.29, 1.82) is 0 Å². The first-order chi connectivity index (χ1) is 10.3. The summed E-state index contributed by atoms with van der Waals surface area (Å²) >= 11 is 0. The van der Waals surface area contributed by atoms with E-state index < -0.39 is 0 Å². The van der Waals surface area contributed by atoms with Crippen molar-refractivity contribution in [2.75, 3.05) is 0 Å². The molecule has 3 nitrogen and oxygen atoms in total. The first-order valence-corrected chi connectivity index (χ1v) is 6.39. The SMILES string of the molecule is Fc1c[c-]c(-c2ccccn2)cc1.OCc1ccccn1.[Ir]. The molecule has 3 rings (SSSR count). The number of pyridine rings is 2. The second kappa shape index (κ2) is 9.90. The van der Waals surface area contributed by atoms with Gasteiger partial charge >= 0.3 is 0 Å². The van der Waals surface area contributed by atoms with Gasteiger partial charge in [-0.05, 0) is 23.9 Å². The minimum Gasteiger partial charge on any atom is -0.390 e. The molecule has 0 aliphatic carbocycles. The Kier molecular flexibility index (Phi) is 8.15. The number of halogens is 1. The monoisotopic (exact) mass is 474 g/mol. The van der Waals surface area contributed by atoms with E-state index in [1.807, 2.05) is 30.3 Å². The molecule has 0 amide bonds. The summed E-state index contributed by atoms with van der Waals surface area (Å²) < 4.78 is 12.6. The van der Waals surface area contributed by atoms with E-state index in [1.165, 1.54) is 12.1 Å². The Morgan fingerprint density at radius 3 is 2.14 bits per heavy atom. The number of nitrogens with zero attached hydrogens (tertiary/aromatic N) is 2. The summed E-state index contributed by atoms with van der Waals surface area (Å²) in [5, 5.41) is 8.48. The van der Waals surface area contributed by atoms with E-state index in [2.05, 4.69) is 16.0 Å². The van der Waals surface area contributed by atoms with Gasteiger partial charge < -0.3 is 10.1 Å². The average molecular weight is 474 g/mol. The molecule has 2 heterocycles. The zero-order valence-electron chi connectivity index (χ0n) is 11.6. The van der Waals surface area contributed by atoms with Crippen LogP contribution in [0.2, 0.25) is 0 Å². The fourth-order valence-corrected chi connectivity index (χ4v) is 1.58. The summed E-state index contributed by atoms with van der Waals surface area (Å²) in [6.45, 7) is 0.0286. The van der Waals surface area contributed by atoms with E-state index in [-0.39, 0.29) is 32.5 Å². The van der Waals surface area contributed by atoms with Crippen molar-refractivity contribution in [3.63, 3.8) is 0 Å². The largest absolute Gasteiger partial charge is 0.390 e. The van der Waals surface area contributed by atoms with E-state index in [9.17, 15) is 4.39 Å². The third-order valence-electron chi connectivity index (χ3n) is 2.60. The third kappa shape index (κ3) is 5.82. The molecule has 1 N–H and O–H groups in total. The molecule has 0 aliphatic rings. The van der Waals surface area contributed by atoms with Crippen LogP contribution < -0.4 is 0 Å². The van der Waals surface area contributed by atoms with E-state index in [0.29, 0.717) is 5.69 Å². The molecule has 0 spiro atoms. The van der Waals surface area contributed by atoms with Crippen molar-refractivity contribution in [3.05, 3.63) is 84.6 Å². The molecule has 0 saturated heterocycles. The van der Waals surface area contributed by atoms with Crippen LogP contribution in [-0.2, 0) is 26.7 Å². The zero-order valence-corrected chi connectivity index (χ0v) is 14.0. The zero-order chi connectivity index (χ0) is 14.9. The summed E-state index contributed by atoms with van der Waals surface area (Å²) in [4.78, 5) is 7.97. The standard InChI is InChI=1S/C11H7FN.C6H7NO.Ir/c12-10-6-4-9(5-7-10)11-3-1-2-8-13-11;8-5-6-3-1-2-4-7-6;/h1-4,6-8H;1-4,8H,5H2;/q-1;;. The summed E-state index contributed by atoms with van der Waals surface area (Å²) in [5.41, 5.74) is 2.33. The summed E-state index contributed by atoms with van der Waals surface area (Å²) in [6.07, 6.45) is 3.36. The van der Waals surface area contributed by atoms with Crippen molar-refractivity contribution in [2.24, 2.45) is 0 Å². The van der Waals surface area contributed by atoms with Gasteiger partial charge in [0.05, 0.1) is 12.3 Å². The second-order valence-electron chi connectivity index (χ2n) is 4.11. The van der Waals surface area contributed by atoms with Crippen LogP contribution in [0, 0.1) is 11.9 Å². The van der Waals surface area contributed by atoms with Crippen molar-refractivity contribution in [3.8, 4) is 11.3 Å². The molecule has 22 heavy (non-hydrogen) atoms. The normalized spacial score (nSPS) is 9.18. The molecule has 1 radical (unpaired) electrons. The van der Waals surface area contributed by atoms with Gasteiger partial charge in [-0.1, -0.05) is 18.2 Å². The molecule has 3 aromatic rings. The molecule has 0 unspecified atom stereocenters. The smallest absolute Gasteiger partial charge is 0.0852 e. The van der Waals surface area contributed by atoms with E-state index >= 15 is 0 Å². The minimum atomic E-state index is -0.278. The van der Waals surface area contributed by atoms with Crippen molar-refractivity contribution < 1.29 is 29.6 Å². The van der Waals surface area contributed by atoms with Crippen LogP contribution in [0.3, 0.4) is 0 Å². The van der Waals surface area contributed by atoms with Gasteiger partial charge in [-0.15, -0.1) is 29.8 Å². The Morgan fingerprint density at radius 1 is 0.955 bits per heavy atom. The predicted octanol–water partition coefficient (Wildman–Crippen LogP) is 3.26. The number of aliphatic hydroxyl groups is 1. The molecule has 0 aliphatic heterocycles. The van der Waals surface area contributed by atoms with E-state index in [1.54, 1.807) is 24.5 Å². The second-order valence-corrected chi connectivity index (χ2v) is 4.11. The van der Waals surface area contributed by atoms with Crippen LogP contribution in [0.25, 0.3) is 11.3 Å². The van der Waals surface area contributed by atoms with Gasteiger partial charge in [0.25, 0.3) is 0 Å². The van der Waals surface area contributed by atoms with Crippen LogP contribution in [-0.4, -0.2) is 15.1 Å². The topological polar surface area (TPSA) is 46.0 Å². The maximum absolute atomic E-state index is 12.6. The van der Waals surface area contributed by atoms with Crippen molar-refractivity contribution >= 4 is 0 Å². The molecule has 1 aromatic carbocycles. The molecule has 115 valence electrons. The van der Waals surface area contributed by atoms with Gasteiger partial charge in [0, 0.05) is 38.3 Å². The Morgan fingerprint density at radius 2 is 1.68 bits per heavy atom. The van der Waals surface area contributed by atoms with Gasteiger partial charge in [-0.2, -0.15) is 0 Å². The summed E-state index contributed by atoms with van der Waals surface area (Å²) in [7, 11) is 0. The molecular formula is C17H14FIrN2O-. The number of rotatable bonds is 2. The maximum Gasteiger partial charge on any atom is 0.0852 e. The van der Waals surface area contributed by atoms with Gasteiger partial charge in [-0.3, -0.25) is 9.37 Å². The van der Waals surface area contributed by atoms with Gasteiger partial charge in [0.2, 0.25) is 0 Å². The number of aliphatic hydroxyl groups excluding tert-OH is 1. The van der Waals surface area contributed by atoms with Gasteiger partial charge in [-0.25, -0.2) is 0 Å². The molecule has 5 heteroatoms. The molecule has 2 aromatic heterocycles. The fraction of sp³-hybridized carbons (Fsp3) is 0.0588. The van der Waals surface area contributed by atoms with Crippen LogP contribution in [0.4, 0.5) is 4.39 Å². The average Bonchev–Trinajstić information content (AvgIpc) is 2.58. The Hall–Kier alpha value is -1.94. The van der Waals surface area contributed by atoms with Crippen LogP contribution in [0.1, 0.15) is 5.69 Å². The quantitative estimate of drug-likeness (QED) is 0.582. The van der Waals surface area contributed by atoms with Gasteiger partial charge in [0.15, 0.2) is 0 Å². The Balaban J connectivity index is 0.000000234. The summed E-state index contributed by atoms with van der Waals surface area (Å²) in [5.74, 6) is -0.278. The molecule has 0 saturated carbocycles. The molecule has 0 bridgehead atoms. The number of hydrogen-bond acceptors (Lipinski definition) is 3. The minimum absolute atomic E-state index is 0. The fourth-order valence-electron chi connectivity index (χ4n) is 1.58. The van der Waals surface area contributed by atoms with E-state index in [0.717, 1.165) is 11.3 Å². The first-order valence-electron chi connectivity index (χ1n) is 6.39. The number of aromatic nitrogens is 2. The summed E-state index contributed by atoms with van der Waals surface area (Å²) in [6, 6.07) is 18.2. The van der Waals surface area contributed by atoms with E-state index in [4.69, 9.17) is 5.11 Å². The Bertz CT molecular complexity index is 649. The predicted molar refractivity (Wildman–Crippen MR) is 78.6 cm³/mol. The van der Waals surface area contributed by atoms with Gasteiger partial charge in [0.1, 0.15) is 0 Å². The third-order valence-corrected chi connectivity index (χ3v) is 2.60. The Labute approximate surface area is 142 Å². The van der Waals surface area contributed by atoms with Crippen LogP contribution in [0.15, 0.2) is 67.0 Å². The van der Waals surface area contributed by atoms with Crippen LogP contribution in [0.5, 0.6) is 0 Å². The van der Waals surface area contributed by atoms with Crippen molar-refractivity contribution in [1.82, 2.24) is 9.97 Å². The number of benzene rings is 1. The van der Waals surface area contributed by atoms with Crippen molar-refractivity contribution in [2.45, 2.75) is 6.61 Å². The molecule has 0 atom stereocenters. The maximum atomic E-state index is 12.6. The first kappa shape index (κ1) is 18.1. The molecule has 0 fully saturated rings. The molecular weight excluding hydrogens is 459 g/mol. The van der Waals surface area contributed by atoms with Crippen LogP contribution >= 0.6 is 0 Å². The number of hydrogen-bond donors (Lipinski definition) is 1.